The summed E-state index contributed by atoms with van der Waals surface area (Å²) >= 11 is 0. The summed E-state index contributed by atoms with van der Waals surface area (Å²) in [5.41, 5.74) is -1.01. The van der Waals surface area contributed by atoms with Gasteiger partial charge in [0.05, 0.1) is 7.11 Å². The number of methoxy groups -OCH3 is 1. The number of aromatic nitrogens is 2. The van der Waals surface area contributed by atoms with Gasteiger partial charge in [0.25, 0.3) is 5.56 Å². The van der Waals surface area contributed by atoms with Crippen LogP contribution in [0.3, 0.4) is 0 Å². The van der Waals surface area contributed by atoms with Gasteiger partial charge in [-0.2, -0.15) is 0 Å². The van der Waals surface area contributed by atoms with Crippen LogP contribution in [0.5, 0.6) is 5.75 Å². The van der Waals surface area contributed by atoms with Gasteiger partial charge in [0, 0.05) is 6.04 Å². The number of carbonyl (C=O) groups is 2. The lowest BCUT2D eigenvalue weighted by atomic mass is 9.87. The van der Waals surface area contributed by atoms with Crippen molar-refractivity contribution in [2.24, 2.45) is 0 Å². The molecule has 0 radical (unpaired) electrons. The smallest absolute Gasteiger partial charge is 0.408 e. The molecule has 2 aliphatic rings. The second-order valence-electron chi connectivity index (χ2n) is 7.27. The highest BCUT2D eigenvalue weighted by molar-refractivity contribution is 5.90. The molecule has 0 saturated carbocycles. The van der Waals surface area contributed by atoms with Gasteiger partial charge in [-0.05, 0) is 31.2 Å². The molecule has 2 fully saturated rings. The molecule has 3 heterocycles. The van der Waals surface area contributed by atoms with E-state index < -0.39 is 23.2 Å². The van der Waals surface area contributed by atoms with Crippen LogP contribution in [0.15, 0.2) is 35.1 Å². The molecule has 152 valence electrons. The third-order valence-corrected chi connectivity index (χ3v) is 5.74. The van der Waals surface area contributed by atoms with Gasteiger partial charge in [-0.3, -0.25) is 9.69 Å². The van der Waals surface area contributed by atoms with E-state index in [0.717, 1.165) is 5.56 Å². The molecule has 1 aromatic carbocycles. The minimum Gasteiger partial charge on any atom is -0.481 e. The number of hydrogen-bond acceptors (Lipinski definition) is 6. The summed E-state index contributed by atoms with van der Waals surface area (Å²) < 4.78 is 10.4. The average Bonchev–Trinajstić information content (AvgIpc) is 3.30. The van der Waals surface area contributed by atoms with Crippen LogP contribution >= 0.6 is 0 Å². The van der Waals surface area contributed by atoms with Gasteiger partial charge in [-0.25, -0.2) is 14.6 Å². The highest BCUT2D eigenvalue weighted by atomic mass is 16.5. The molecule has 9 heteroatoms. The topological polar surface area (TPSA) is 122 Å². The number of amides is 1. The molecule has 0 spiro atoms. The van der Waals surface area contributed by atoms with Crippen molar-refractivity contribution >= 4 is 12.1 Å². The Morgan fingerprint density at radius 1 is 1.28 bits per heavy atom. The number of carbonyl (C=O) groups excluding carboxylic acids is 1. The quantitative estimate of drug-likeness (QED) is 0.740. The van der Waals surface area contributed by atoms with E-state index in [4.69, 9.17) is 9.47 Å². The Labute approximate surface area is 166 Å². The average molecular weight is 399 g/mol. The van der Waals surface area contributed by atoms with Gasteiger partial charge in [-0.1, -0.05) is 30.3 Å². The number of carboxylic acid groups (broad SMARTS) is 1. The number of H-pyrrole nitrogens is 1. The fourth-order valence-corrected chi connectivity index (χ4v) is 4.40. The maximum atomic E-state index is 12.8. The Kier molecular flexibility index (Phi) is 4.73. The number of benzene rings is 1. The van der Waals surface area contributed by atoms with Crippen molar-refractivity contribution in [2.45, 2.75) is 43.9 Å². The number of nitrogens with zero attached hydrogens (tertiary/aromatic N) is 2. The molecule has 2 bridgehead atoms. The Bertz CT molecular complexity index is 995. The summed E-state index contributed by atoms with van der Waals surface area (Å²) in [6.45, 7) is 0.0728. The molecule has 1 aromatic heterocycles. The minimum absolute atomic E-state index is 0.0728. The number of nitrogens with one attached hydrogen (secondary N) is 1. The third kappa shape index (κ3) is 3.12. The van der Waals surface area contributed by atoms with E-state index in [-0.39, 0.29) is 29.9 Å². The van der Waals surface area contributed by atoms with Crippen LogP contribution < -0.4 is 10.3 Å². The summed E-state index contributed by atoms with van der Waals surface area (Å²) in [5.74, 6) is -0.890. The van der Waals surface area contributed by atoms with Crippen LogP contribution in [0.1, 0.15) is 47.6 Å². The molecule has 0 atom stereocenters. The first-order chi connectivity index (χ1) is 14.0. The van der Waals surface area contributed by atoms with Crippen molar-refractivity contribution in [2.75, 3.05) is 7.11 Å². The number of ether oxygens (including phenoxy) is 2. The Morgan fingerprint density at radius 2 is 1.97 bits per heavy atom. The number of esters is 1. The Morgan fingerprint density at radius 3 is 2.59 bits per heavy atom. The molecule has 2 saturated heterocycles. The summed E-state index contributed by atoms with van der Waals surface area (Å²) in [5, 5.41) is 9.67. The number of aromatic amines is 1. The maximum Gasteiger partial charge on any atom is 0.408 e. The van der Waals surface area contributed by atoms with Crippen LogP contribution in [0.25, 0.3) is 0 Å². The standard InChI is InChI=1S/C20H21N3O6/c1-28-17(25)14-15(29-11-12-5-3-2-4-6-12)16(24)22-18(21-14)20-9-7-13(8-10-20)23(20)19(26)27/h2-6,13H,7-11H2,1H3,(H,26,27)(H,21,22,24). The summed E-state index contributed by atoms with van der Waals surface area (Å²) in [6, 6.07) is 9.08. The normalized spacial score (nSPS) is 22.5. The molecule has 0 unspecified atom stereocenters. The largest absolute Gasteiger partial charge is 0.481 e. The van der Waals surface area contributed by atoms with Gasteiger partial charge in [0.2, 0.25) is 5.75 Å². The zero-order chi connectivity index (χ0) is 20.6. The number of hydrogen-bond donors (Lipinski definition) is 2. The molecule has 1 amide bonds. The Balaban J connectivity index is 1.74. The SMILES string of the molecule is COC(=O)c1nc(C23CCC(CC2)N3C(=O)O)[nH]c(=O)c1OCc1ccccc1. The van der Waals surface area contributed by atoms with Crippen LogP contribution in [0, 0.1) is 0 Å². The first-order valence-electron chi connectivity index (χ1n) is 9.38. The third-order valence-electron chi connectivity index (χ3n) is 5.74. The monoisotopic (exact) mass is 399 g/mol. The van der Waals surface area contributed by atoms with Gasteiger partial charge in [0.15, 0.2) is 5.69 Å². The molecule has 2 aliphatic heterocycles. The van der Waals surface area contributed by atoms with E-state index in [0.29, 0.717) is 25.7 Å². The zero-order valence-electron chi connectivity index (χ0n) is 15.9. The summed E-state index contributed by atoms with van der Waals surface area (Å²) in [7, 11) is 1.19. The van der Waals surface area contributed by atoms with Crippen LogP contribution in [-0.2, 0) is 16.9 Å². The van der Waals surface area contributed by atoms with Crippen molar-refractivity contribution < 1.29 is 24.2 Å². The van der Waals surface area contributed by atoms with Crippen molar-refractivity contribution in [3.05, 3.63) is 57.8 Å². The van der Waals surface area contributed by atoms with E-state index >= 15 is 0 Å². The van der Waals surface area contributed by atoms with Gasteiger partial charge in [-0.15, -0.1) is 0 Å². The van der Waals surface area contributed by atoms with Gasteiger partial charge >= 0.3 is 12.1 Å². The number of fused-ring (bicyclic) bond motifs is 2. The lowest BCUT2D eigenvalue weighted by molar-refractivity contribution is 0.0585. The van der Waals surface area contributed by atoms with E-state index in [2.05, 4.69) is 9.97 Å². The second-order valence-corrected chi connectivity index (χ2v) is 7.27. The van der Waals surface area contributed by atoms with Crippen molar-refractivity contribution in [1.82, 2.24) is 14.9 Å². The molecule has 29 heavy (non-hydrogen) atoms. The highest BCUT2D eigenvalue weighted by Crippen LogP contribution is 2.51. The fourth-order valence-electron chi connectivity index (χ4n) is 4.40. The molecule has 2 N–H and O–H groups in total. The lowest BCUT2D eigenvalue weighted by Gasteiger charge is -2.32. The molecule has 0 aliphatic carbocycles. The predicted molar refractivity (Wildman–Crippen MR) is 101 cm³/mol. The second kappa shape index (κ2) is 7.23. The molecule has 2 aromatic rings. The van der Waals surface area contributed by atoms with Crippen molar-refractivity contribution in [3.63, 3.8) is 0 Å². The van der Waals surface area contributed by atoms with Gasteiger partial charge in [0.1, 0.15) is 18.0 Å². The van der Waals surface area contributed by atoms with E-state index in [9.17, 15) is 19.5 Å². The van der Waals surface area contributed by atoms with Crippen LogP contribution in [0.4, 0.5) is 4.79 Å². The Hall–Kier alpha value is -3.36. The summed E-state index contributed by atoms with van der Waals surface area (Å²) in [6.07, 6.45) is 1.40. The molecular formula is C20H21N3O6. The van der Waals surface area contributed by atoms with E-state index in [1.54, 1.807) is 0 Å². The van der Waals surface area contributed by atoms with Gasteiger partial charge < -0.3 is 19.6 Å². The van der Waals surface area contributed by atoms with E-state index in [1.165, 1.54) is 12.0 Å². The molecular weight excluding hydrogens is 378 g/mol. The maximum absolute atomic E-state index is 12.8. The fraction of sp³-hybridized carbons (Fsp3) is 0.400. The predicted octanol–water partition coefficient (Wildman–Crippen LogP) is 2.27. The molecule has 4 rings (SSSR count). The highest BCUT2D eigenvalue weighted by Gasteiger charge is 2.57. The minimum atomic E-state index is -1.06. The first kappa shape index (κ1) is 19.0. The number of rotatable bonds is 5. The first-order valence-corrected chi connectivity index (χ1v) is 9.38. The van der Waals surface area contributed by atoms with E-state index in [1.807, 2.05) is 30.3 Å². The van der Waals surface area contributed by atoms with Crippen LogP contribution in [-0.4, -0.2) is 45.2 Å². The van der Waals surface area contributed by atoms with Crippen molar-refractivity contribution in [1.29, 1.82) is 0 Å². The van der Waals surface area contributed by atoms with Crippen molar-refractivity contribution in [3.8, 4) is 5.75 Å². The molecule has 9 nitrogen and oxygen atoms in total. The van der Waals surface area contributed by atoms with Crippen LogP contribution in [0.2, 0.25) is 0 Å². The lowest BCUT2D eigenvalue weighted by Crippen LogP contribution is -2.44. The summed E-state index contributed by atoms with van der Waals surface area (Å²) in [4.78, 5) is 45.3. The zero-order valence-corrected chi connectivity index (χ0v) is 15.9.